The Labute approximate surface area is 178 Å². The first-order valence-corrected chi connectivity index (χ1v) is 12.4. The highest BCUT2D eigenvalue weighted by Crippen LogP contribution is 2.37. The van der Waals surface area contributed by atoms with Gasteiger partial charge in [-0.1, -0.05) is 75.3 Å². The van der Waals surface area contributed by atoms with Crippen LogP contribution in [0.15, 0.2) is 30.3 Å². The van der Waals surface area contributed by atoms with Crippen molar-refractivity contribution in [2.24, 2.45) is 23.5 Å². The van der Waals surface area contributed by atoms with E-state index in [-0.39, 0.29) is 6.10 Å². The normalized spacial score (nSPS) is 26.3. The van der Waals surface area contributed by atoms with Gasteiger partial charge in [-0.2, -0.15) is 0 Å². The largest absolute Gasteiger partial charge is 0.373 e. The maximum absolute atomic E-state index is 6.57. The predicted octanol–water partition coefficient (Wildman–Crippen LogP) is 5.55. The lowest BCUT2D eigenvalue weighted by atomic mass is 9.83. The number of likely N-dealkylation sites (tertiary alicyclic amines) is 1. The average molecular weight is 399 g/mol. The molecule has 1 aliphatic heterocycles. The van der Waals surface area contributed by atoms with Crippen LogP contribution in [0.4, 0.5) is 0 Å². The summed E-state index contributed by atoms with van der Waals surface area (Å²) in [4.78, 5) is 2.73. The summed E-state index contributed by atoms with van der Waals surface area (Å²) in [7, 11) is 0. The fraction of sp³-hybridized carbons (Fsp3) is 0.769. The molecule has 3 aliphatic rings. The minimum Gasteiger partial charge on any atom is -0.373 e. The van der Waals surface area contributed by atoms with Gasteiger partial charge in [-0.15, -0.1) is 0 Å². The quantitative estimate of drug-likeness (QED) is 0.561. The van der Waals surface area contributed by atoms with Crippen LogP contribution in [0.3, 0.4) is 0 Å². The Morgan fingerprint density at radius 3 is 2.45 bits per heavy atom. The van der Waals surface area contributed by atoms with Gasteiger partial charge in [-0.3, -0.25) is 4.90 Å². The number of hydrogen-bond donors (Lipinski definition) is 1. The van der Waals surface area contributed by atoms with Crippen LogP contribution in [0.25, 0.3) is 0 Å². The van der Waals surface area contributed by atoms with E-state index in [2.05, 4.69) is 35.2 Å². The van der Waals surface area contributed by atoms with Gasteiger partial charge in [-0.25, -0.2) is 0 Å². The van der Waals surface area contributed by atoms with Crippen LogP contribution in [-0.4, -0.2) is 37.2 Å². The maximum atomic E-state index is 6.57. The van der Waals surface area contributed by atoms with E-state index in [1.165, 1.54) is 82.7 Å². The molecule has 3 heteroatoms. The van der Waals surface area contributed by atoms with E-state index in [1.807, 2.05) is 0 Å². The molecule has 1 aromatic rings. The van der Waals surface area contributed by atoms with Gasteiger partial charge in [0.15, 0.2) is 0 Å². The zero-order valence-corrected chi connectivity index (χ0v) is 18.3. The molecule has 3 nitrogen and oxygen atoms in total. The summed E-state index contributed by atoms with van der Waals surface area (Å²) in [5.74, 6) is 2.43. The van der Waals surface area contributed by atoms with Crippen molar-refractivity contribution in [1.82, 2.24) is 4.90 Å². The van der Waals surface area contributed by atoms with Gasteiger partial charge in [0.1, 0.15) is 0 Å². The number of rotatable bonds is 10. The van der Waals surface area contributed by atoms with Gasteiger partial charge >= 0.3 is 0 Å². The molecule has 0 bridgehead atoms. The summed E-state index contributed by atoms with van der Waals surface area (Å²) in [5.41, 5.74) is 7.67. The van der Waals surface area contributed by atoms with Gasteiger partial charge in [-0.05, 0) is 49.6 Å². The molecule has 0 spiro atoms. The summed E-state index contributed by atoms with van der Waals surface area (Å²) in [6.07, 6.45) is 15.3. The number of hydrogen-bond acceptors (Lipinski definition) is 3. The van der Waals surface area contributed by atoms with Gasteiger partial charge in [0.25, 0.3) is 0 Å². The Kier molecular flexibility index (Phi) is 8.04. The molecule has 4 rings (SSSR count). The summed E-state index contributed by atoms with van der Waals surface area (Å²) in [5, 5.41) is 0. The molecule has 1 aromatic carbocycles. The van der Waals surface area contributed by atoms with E-state index in [1.54, 1.807) is 0 Å². The fourth-order valence-corrected chi connectivity index (χ4v) is 5.74. The number of nitrogens with zero attached hydrogens (tertiary/aromatic N) is 1. The van der Waals surface area contributed by atoms with E-state index in [0.29, 0.717) is 12.0 Å². The third kappa shape index (κ3) is 6.29. The van der Waals surface area contributed by atoms with Gasteiger partial charge in [0, 0.05) is 31.7 Å². The first kappa shape index (κ1) is 21.3. The van der Waals surface area contributed by atoms with Crippen LogP contribution in [0.1, 0.15) is 82.3 Å². The molecular weight excluding hydrogens is 356 g/mol. The first-order chi connectivity index (χ1) is 14.3. The van der Waals surface area contributed by atoms with E-state index in [9.17, 15) is 0 Å². The van der Waals surface area contributed by atoms with Crippen molar-refractivity contribution < 1.29 is 4.74 Å². The van der Waals surface area contributed by atoms with Crippen molar-refractivity contribution in [2.45, 2.75) is 82.8 Å². The van der Waals surface area contributed by atoms with Gasteiger partial charge < -0.3 is 10.5 Å². The Morgan fingerprint density at radius 2 is 1.72 bits per heavy atom. The zero-order chi connectivity index (χ0) is 19.9. The van der Waals surface area contributed by atoms with Crippen LogP contribution in [-0.2, 0) is 4.74 Å². The third-order valence-corrected chi connectivity index (χ3v) is 7.68. The molecule has 29 heavy (non-hydrogen) atoms. The minimum atomic E-state index is 0.242. The Hall–Kier alpha value is -0.900. The average Bonchev–Trinajstić information content (AvgIpc) is 3.61. The van der Waals surface area contributed by atoms with Crippen molar-refractivity contribution >= 4 is 0 Å². The summed E-state index contributed by atoms with van der Waals surface area (Å²) in [6, 6.07) is 11.5. The molecule has 3 fully saturated rings. The predicted molar refractivity (Wildman–Crippen MR) is 121 cm³/mol. The fourth-order valence-electron chi connectivity index (χ4n) is 5.74. The Bertz CT molecular complexity index is 582. The number of ether oxygens (including phenoxy) is 1. The highest BCUT2D eigenvalue weighted by molar-refractivity contribution is 5.18. The van der Waals surface area contributed by atoms with Crippen molar-refractivity contribution in [2.75, 3.05) is 26.2 Å². The summed E-state index contributed by atoms with van der Waals surface area (Å²) < 4.78 is 6.57. The highest BCUT2D eigenvalue weighted by Gasteiger charge is 2.33. The van der Waals surface area contributed by atoms with Crippen molar-refractivity contribution in [1.29, 1.82) is 0 Å². The highest BCUT2D eigenvalue weighted by atomic mass is 16.5. The molecule has 1 heterocycles. The van der Waals surface area contributed by atoms with Crippen molar-refractivity contribution in [3.8, 4) is 0 Å². The Balaban J connectivity index is 1.38. The van der Waals surface area contributed by atoms with E-state index in [0.717, 1.165) is 31.5 Å². The van der Waals surface area contributed by atoms with E-state index >= 15 is 0 Å². The molecule has 0 aromatic heterocycles. The van der Waals surface area contributed by atoms with E-state index < -0.39 is 0 Å². The smallest absolute Gasteiger partial charge is 0.0865 e. The SMILES string of the molecule is NCC(CC1CCCCC1)N1CCCC(C(OCCC2CC2)c2ccccc2)C1. The summed E-state index contributed by atoms with van der Waals surface area (Å²) in [6.45, 7) is 4.09. The molecule has 162 valence electrons. The second kappa shape index (κ2) is 10.9. The minimum absolute atomic E-state index is 0.242. The molecule has 2 N–H and O–H groups in total. The van der Waals surface area contributed by atoms with Crippen LogP contribution >= 0.6 is 0 Å². The third-order valence-electron chi connectivity index (χ3n) is 7.68. The Morgan fingerprint density at radius 1 is 0.931 bits per heavy atom. The van der Waals surface area contributed by atoms with Gasteiger partial charge in [0.2, 0.25) is 0 Å². The number of benzene rings is 1. The second-order valence-electron chi connectivity index (χ2n) is 9.96. The molecule has 2 saturated carbocycles. The van der Waals surface area contributed by atoms with Crippen molar-refractivity contribution in [3.63, 3.8) is 0 Å². The first-order valence-electron chi connectivity index (χ1n) is 12.4. The van der Waals surface area contributed by atoms with E-state index in [4.69, 9.17) is 10.5 Å². The van der Waals surface area contributed by atoms with Crippen molar-refractivity contribution in [3.05, 3.63) is 35.9 Å². The molecule has 3 unspecified atom stereocenters. The topological polar surface area (TPSA) is 38.5 Å². The number of nitrogens with two attached hydrogens (primary N) is 1. The number of piperidine rings is 1. The molecule has 0 radical (unpaired) electrons. The molecule has 2 aliphatic carbocycles. The van der Waals surface area contributed by atoms with Gasteiger partial charge in [0.05, 0.1) is 6.10 Å². The standard InChI is InChI=1S/C26H42N2O/c27-19-25(18-22-8-3-1-4-9-22)28-16-7-12-24(20-28)26(23-10-5-2-6-11-23)29-17-15-21-13-14-21/h2,5-6,10-11,21-22,24-26H,1,3-4,7-9,12-20,27H2. The van der Waals surface area contributed by atoms with Crippen LogP contribution in [0.5, 0.6) is 0 Å². The molecule has 0 amide bonds. The molecular formula is C26H42N2O. The van der Waals surface area contributed by atoms with Crippen LogP contribution < -0.4 is 5.73 Å². The molecule has 1 saturated heterocycles. The van der Waals surface area contributed by atoms with Crippen LogP contribution in [0, 0.1) is 17.8 Å². The lowest BCUT2D eigenvalue weighted by Gasteiger charge is -2.42. The molecule has 3 atom stereocenters. The monoisotopic (exact) mass is 398 g/mol. The second-order valence-corrected chi connectivity index (χ2v) is 9.96. The zero-order valence-electron chi connectivity index (χ0n) is 18.3. The lowest BCUT2D eigenvalue weighted by molar-refractivity contribution is -0.0264. The lowest BCUT2D eigenvalue weighted by Crippen LogP contribution is -2.48. The van der Waals surface area contributed by atoms with Crippen LogP contribution in [0.2, 0.25) is 0 Å². The maximum Gasteiger partial charge on any atom is 0.0865 e. The summed E-state index contributed by atoms with van der Waals surface area (Å²) >= 11 is 0.